The van der Waals surface area contributed by atoms with Crippen LogP contribution in [-0.4, -0.2) is 32.9 Å². The number of hydrogen-bond donors (Lipinski definition) is 0. The Kier molecular flexibility index (Phi) is 2.58. The molecule has 1 heterocycles. The summed E-state index contributed by atoms with van der Waals surface area (Å²) in [6.45, 7) is 2.42. The van der Waals surface area contributed by atoms with Gasteiger partial charge in [0.25, 0.3) is 0 Å². The van der Waals surface area contributed by atoms with Crippen LogP contribution in [0.15, 0.2) is 0 Å². The third kappa shape index (κ3) is 1.97. The van der Waals surface area contributed by atoms with Crippen molar-refractivity contribution < 1.29 is 0 Å². The van der Waals surface area contributed by atoms with E-state index in [9.17, 15) is 0 Å². The minimum Gasteiger partial charge on any atom is -0.0464 e. The molecule has 9 heavy (non-hydrogen) atoms. The van der Waals surface area contributed by atoms with E-state index in [4.69, 9.17) is 7.85 Å². The maximum atomic E-state index is 5.69. The zero-order valence-corrected chi connectivity index (χ0v) is 7.16. The lowest BCUT2D eigenvalue weighted by Crippen LogP contribution is -2.11. The second-order valence-corrected chi connectivity index (χ2v) is 7.81. The maximum absolute atomic E-state index is 5.69. The molecule has 1 fully saturated rings. The molecule has 1 saturated heterocycles. The average Bonchev–Trinajstić information content (AvgIpc) is 1.90. The van der Waals surface area contributed by atoms with E-state index >= 15 is 0 Å². The Hall–Kier alpha value is 0.495. The second-order valence-electron chi connectivity index (χ2n) is 3.31. The first-order valence-electron chi connectivity index (χ1n) is 3.80. The lowest BCUT2D eigenvalue weighted by atomic mass is 10.2. The van der Waals surface area contributed by atoms with Gasteiger partial charge in [-0.3, -0.25) is 0 Å². The van der Waals surface area contributed by atoms with Crippen LogP contribution in [0.5, 0.6) is 0 Å². The molecule has 2 heteroatoms. The predicted molar refractivity (Wildman–Crippen MR) is 47.1 cm³/mol. The summed E-state index contributed by atoms with van der Waals surface area (Å²) in [5.74, 6) is 0. The van der Waals surface area contributed by atoms with Gasteiger partial charge in [-0.05, 0) is 19.3 Å². The summed E-state index contributed by atoms with van der Waals surface area (Å²) in [7, 11) is 5.12. The van der Waals surface area contributed by atoms with Gasteiger partial charge in [-0.25, -0.2) is 0 Å². The third-order valence-corrected chi connectivity index (χ3v) is 6.01. The summed E-state index contributed by atoms with van der Waals surface area (Å²) in [6, 6.07) is 0.993. The van der Waals surface area contributed by atoms with Crippen LogP contribution in [0.4, 0.5) is 0 Å². The Morgan fingerprint density at radius 1 is 1.22 bits per heavy atom. The molecule has 2 radical (unpaired) electrons. The molecular formula is C7H15BP+. The molecule has 0 atom stereocenters. The van der Waals surface area contributed by atoms with Crippen molar-refractivity contribution in [1.82, 2.24) is 0 Å². The van der Waals surface area contributed by atoms with Gasteiger partial charge in [0.2, 0.25) is 0 Å². The van der Waals surface area contributed by atoms with Crippen LogP contribution in [0.3, 0.4) is 0 Å². The fraction of sp³-hybridized carbons (Fsp3) is 1.00. The van der Waals surface area contributed by atoms with Crippen LogP contribution in [-0.2, 0) is 0 Å². The summed E-state index contributed by atoms with van der Waals surface area (Å²) in [6.07, 6.45) is 7.27. The molecule has 0 aromatic rings. The van der Waals surface area contributed by atoms with Crippen LogP contribution < -0.4 is 0 Å². The smallest absolute Gasteiger partial charge is 0.0464 e. The molecule has 0 aromatic heterocycles. The molecule has 0 nitrogen and oxygen atoms in total. The topological polar surface area (TPSA) is 0 Å². The molecule has 0 bridgehead atoms. The lowest BCUT2D eigenvalue weighted by Gasteiger charge is -2.25. The average molecular weight is 141 g/mol. The van der Waals surface area contributed by atoms with E-state index in [-0.39, 0.29) is 0 Å². The van der Waals surface area contributed by atoms with Crippen LogP contribution >= 0.6 is 7.26 Å². The van der Waals surface area contributed by atoms with Crippen molar-refractivity contribution in [3.05, 3.63) is 0 Å². The normalized spacial score (nSPS) is 25.9. The quantitative estimate of drug-likeness (QED) is 0.386. The molecular weight excluding hydrogens is 126 g/mol. The fourth-order valence-electron chi connectivity index (χ4n) is 1.46. The van der Waals surface area contributed by atoms with Crippen molar-refractivity contribution in [2.45, 2.75) is 19.3 Å². The molecule has 0 unspecified atom stereocenters. The summed E-state index contributed by atoms with van der Waals surface area (Å²) >= 11 is 0. The Bertz CT molecular complexity index is 86.9. The minimum absolute atomic E-state index is 0.567. The molecule has 1 rings (SSSR count). The van der Waals surface area contributed by atoms with E-state index in [2.05, 4.69) is 6.66 Å². The van der Waals surface area contributed by atoms with Crippen molar-refractivity contribution in [1.29, 1.82) is 0 Å². The standard InChI is InChI=1S/C7H15BP/c1-9(7-8)5-3-2-4-6-9/h2-7H2,1H3/q+1. The van der Waals surface area contributed by atoms with E-state index < -0.39 is 7.26 Å². The van der Waals surface area contributed by atoms with E-state index in [0.29, 0.717) is 0 Å². The van der Waals surface area contributed by atoms with Crippen LogP contribution in [0.25, 0.3) is 0 Å². The Labute approximate surface area is 60.2 Å². The van der Waals surface area contributed by atoms with Gasteiger partial charge in [0.05, 0.1) is 12.3 Å². The third-order valence-electron chi connectivity index (χ3n) is 2.34. The molecule has 0 aromatic carbocycles. The predicted octanol–water partition coefficient (Wildman–Crippen LogP) is 1.94. The number of rotatable bonds is 1. The molecule has 0 spiro atoms. The molecule has 1 aliphatic rings. The van der Waals surface area contributed by atoms with Gasteiger partial charge in [0.15, 0.2) is 0 Å². The minimum atomic E-state index is -0.567. The van der Waals surface area contributed by atoms with Crippen molar-refractivity contribution >= 4 is 15.1 Å². The highest BCUT2D eigenvalue weighted by molar-refractivity contribution is 7.76. The highest BCUT2D eigenvalue weighted by Gasteiger charge is 2.30. The first kappa shape index (κ1) is 7.60. The van der Waals surface area contributed by atoms with Gasteiger partial charge < -0.3 is 0 Å². The van der Waals surface area contributed by atoms with Crippen LogP contribution in [0.2, 0.25) is 0 Å². The summed E-state index contributed by atoms with van der Waals surface area (Å²) in [5.41, 5.74) is 0. The highest BCUT2D eigenvalue weighted by Crippen LogP contribution is 2.57. The molecule has 50 valence electrons. The van der Waals surface area contributed by atoms with E-state index in [0.717, 1.165) is 6.06 Å². The van der Waals surface area contributed by atoms with Crippen LogP contribution in [0, 0.1) is 0 Å². The van der Waals surface area contributed by atoms with E-state index in [1.165, 1.54) is 31.6 Å². The first-order chi connectivity index (χ1) is 4.27. The van der Waals surface area contributed by atoms with E-state index in [1.807, 2.05) is 0 Å². The van der Waals surface area contributed by atoms with Crippen LogP contribution in [0.1, 0.15) is 19.3 Å². The SMILES string of the molecule is [B]C[P+]1(C)CCCCC1. The van der Waals surface area contributed by atoms with Gasteiger partial charge in [-0.15, -0.1) is 0 Å². The van der Waals surface area contributed by atoms with Crippen molar-refractivity contribution in [3.63, 3.8) is 0 Å². The van der Waals surface area contributed by atoms with Crippen molar-refractivity contribution in [2.24, 2.45) is 0 Å². The largest absolute Gasteiger partial charge is 0.122 e. The Balaban J connectivity index is 2.37. The second kappa shape index (κ2) is 3.06. The lowest BCUT2D eigenvalue weighted by molar-refractivity contribution is 0.747. The summed E-state index contributed by atoms with van der Waals surface area (Å²) in [4.78, 5) is 0. The monoisotopic (exact) mass is 141 g/mol. The summed E-state index contributed by atoms with van der Waals surface area (Å²) in [5, 5.41) is 0. The highest BCUT2D eigenvalue weighted by atomic mass is 31.2. The molecule has 0 aliphatic carbocycles. The Morgan fingerprint density at radius 3 is 2.11 bits per heavy atom. The first-order valence-corrected chi connectivity index (χ1v) is 6.60. The molecule has 0 amide bonds. The molecule has 1 aliphatic heterocycles. The fourth-order valence-corrected chi connectivity index (χ4v) is 4.02. The van der Waals surface area contributed by atoms with Gasteiger partial charge in [0.1, 0.15) is 7.85 Å². The van der Waals surface area contributed by atoms with Gasteiger partial charge in [-0.1, -0.05) is 0 Å². The van der Waals surface area contributed by atoms with E-state index in [1.54, 1.807) is 0 Å². The number of hydrogen-bond acceptors (Lipinski definition) is 0. The summed E-state index contributed by atoms with van der Waals surface area (Å²) < 4.78 is 0. The maximum Gasteiger partial charge on any atom is 0.122 e. The van der Waals surface area contributed by atoms with Crippen molar-refractivity contribution in [2.75, 3.05) is 25.0 Å². The molecule has 0 N–H and O–H groups in total. The van der Waals surface area contributed by atoms with Crippen molar-refractivity contribution in [3.8, 4) is 0 Å². The molecule has 0 saturated carbocycles. The van der Waals surface area contributed by atoms with Gasteiger partial charge >= 0.3 is 0 Å². The zero-order chi connectivity index (χ0) is 6.74. The van der Waals surface area contributed by atoms with Gasteiger partial charge in [0, 0.05) is 20.0 Å². The van der Waals surface area contributed by atoms with Gasteiger partial charge in [-0.2, -0.15) is 0 Å². The zero-order valence-electron chi connectivity index (χ0n) is 6.27. The Morgan fingerprint density at radius 2 is 1.78 bits per heavy atom.